The van der Waals surface area contributed by atoms with E-state index in [4.69, 9.17) is 23.2 Å². The Balaban J connectivity index is 2.12. The van der Waals surface area contributed by atoms with Crippen molar-refractivity contribution in [1.82, 2.24) is 4.57 Å². The van der Waals surface area contributed by atoms with Gasteiger partial charge in [-0.05, 0) is 19.1 Å². The molecule has 1 N–H and O–H groups in total. The van der Waals surface area contributed by atoms with Crippen LogP contribution < -0.4 is 9.88 Å². The van der Waals surface area contributed by atoms with Crippen LogP contribution in [0.3, 0.4) is 0 Å². The first kappa shape index (κ1) is 19.6. The second-order valence-electron chi connectivity index (χ2n) is 5.90. The second kappa shape index (κ2) is 7.82. The van der Waals surface area contributed by atoms with E-state index in [0.717, 1.165) is 5.69 Å². The van der Waals surface area contributed by atoms with Crippen LogP contribution in [0.4, 0.5) is 18.9 Å². The van der Waals surface area contributed by atoms with E-state index in [2.05, 4.69) is 5.32 Å². The van der Waals surface area contributed by atoms with E-state index in [1.54, 1.807) is 22.9 Å². The number of benzene rings is 2. The van der Waals surface area contributed by atoms with Gasteiger partial charge in [-0.1, -0.05) is 41.4 Å². The number of hydrogen-bond donors (Lipinski definition) is 1. The molecule has 1 heterocycles. The third-order valence-corrected chi connectivity index (χ3v) is 4.78. The Bertz CT molecular complexity index is 980. The summed E-state index contributed by atoms with van der Waals surface area (Å²) in [6.45, 7) is 1.21. The Kier molecular flexibility index (Phi) is 5.67. The highest BCUT2D eigenvalue weighted by Gasteiger charge is 2.35. The number of halogens is 5. The molecule has 0 bridgehead atoms. The van der Waals surface area contributed by atoms with Gasteiger partial charge >= 0.3 is 6.18 Å². The molecule has 0 radical (unpaired) electrons. The average molecular weight is 415 g/mol. The molecule has 3 rings (SSSR count). The highest BCUT2D eigenvalue weighted by Crippen LogP contribution is 2.29. The molecule has 27 heavy (non-hydrogen) atoms. The van der Waals surface area contributed by atoms with Crippen LogP contribution in [-0.2, 0) is 13.1 Å². The summed E-state index contributed by atoms with van der Waals surface area (Å²) in [6.07, 6.45) is -1.14. The van der Waals surface area contributed by atoms with Gasteiger partial charge in [0.05, 0.1) is 16.6 Å². The van der Waals surface area contributed by atoms with Crippen LogP contribution in [0.15, 0.2) is 48.7 Å². The SMILES string of the molecule is CCn1c(/C=C/Nc2ccccc2)[n+](CC(F)(F)F)c2cc(Cl)c(Cl)cc21. The van der Waals surface area contributed by atoms with Gasteiger partial charge in [0.2, 0.25) is 0 Å². The number of hydrogen-bond acceptors (Lipinski definition) is 1. The van der Waals surface area contributed by atoms with Crippen molar-refractivity contribution in [2.45, 2.75) is 26.2 Å². The minimum Gasteiger partial charge on any atom is -0.361 e. The number of para-hydroxylation sites is 1. The van der Waals surface area contributed by atoms with Gasteiger partial charge in [0.25, 0.3) is 5.82 Å². The molecule has 3 aromatic rings. The number of imidazole rings is 1. The molecule has 2 aromatic carbocycles. The summed E-state index contributed by atoms with van der Waals surface area (Å²) in [5, 5.41) is 3.57. The van der Waals surface area contributed by atoms with Crippen molar-refractivity contribution in [3.05, 3.63) is 64.5 Å². The minimum atomic E-state index is -4.38. The summed E-state index contributed by atoms with van der Waals surface area (Å²) in [4.78, 5) is 0. The zero-order chi connectivity index (χ0) is 19.6. The van der Waals surface area contributed by atoms with E-state index in [1.165, 1.54) is 10.6 Å². The largest absolute Gasteiger partial charge is 0.426 e. The number of rotatable bonds is 5. The lowest BCUT2D eigenvalue weighted by Gasteiger charge is -2.06. The molecule has 3 nitrogen and oxygen atoms in total. The van der Waals surface area contributed by atoms with Crippen LogP contribution in [0.25, 0.3) is 17.1 Å². The van der Waals surface area contributed by atoms with Crippen molar-refractivity contribution in [1.29, 1.82) is 0 Å². The number of nitrogens with zero attached hydrogens (tertiary/aromatic N) is 2. The fraction of sp³-hybridized carbons (Fsp3) is 0.211. The van der Waals surface area contributed by atoms with Gasteiger partial charge in [0, 0.05) is 30.1 Å². The molecular weight excluding hydrogens is 398 g/mol. The Morgan fingerprint density at radius 2 is 1.78 bits per heavy atom. The van der Waals surface area contributed by atoms with E-state index < -0.39 is 12.7 Å². The zero-order valence-electron chi connectivity index (χ0n) is 14.4. The van der Waals surface area contributed by atoms with Crippen LogP contribution >= 0.6 is 23.2 Å². The summed E-state index contributed by atoms with van der Waals surface area (Å²) in [5.41, 5.74) is 1.81. The van der Waals surface area contributed by atoms with Crippen molar-refractivity contribution in [2.24, 2.45) is 0 Å². The van der Waals surface area contributed by atoms with Gasteiger partial charge in [-0.2, -0.15) is 13.2 Å². The quantitative estimate of drug-likeness (QED) is 0.515. The van der Waals surface area contributed by atoms with Crippen molar-refractivity contribution in [3.8, 4) is 0 Å². The molecular formula is C19H17Cl2F3N3+. The van der Waals surface area contributed by atoms with Gasteiger partial charge in [-0.15, -0.1) is 0 Å². The van der Waals surface area contributed by atoms with Crippen LogP contribution in [0, 0.1) is 0 Å². The third-order valence-electron chi connectivity index (χ3n) is 4.06. The van der Waals surface area contributed by atoms with Crippen LogP contribution in [0.1, 0.15) is 12.7 Å². The molecule has 0 aliphatic heterocycles. The second-order valence-corrected chi connectivity index (χ2v) is 6.72. The predicted octanol–water partition coefficient (Wildman–Crippen LogP) is 5.90. The maximum absolute atomic E-state index is 13.2. The van der Waals surface area contributed by atoms with Gasteiger partial charge in [-0.25, -0.2) is 9.13 Å². The van der Waals surface area contributed by atoms with Crippen molar-refractivity contribution < 1.29 is 17.7 Å². The molecule has 142 valence electrons. The van der Waals surface area contributed by atoms with Crippen LogP contribution in [0.5, 0.6) is 0 Å². The molecule has 0 atom stereocenters. The smallest absolute Gasteiger partial charge is 0.361 e. The molecule has 0 aliphatic rings. The number of nitrogens with one attached hydrogen (secondary N) is 1. The summed E-state index contributed by atoms with van der Waals surface area (Å²) in [6, 6.07) is 12.4. The van der Waals surface area contributed by atoms with Gasteiger partial charge in [-0.3, -0.25) is 0 Å². The standard InChI is InChI=1S/C19H16Cl2F3N3/c1-2-26-16-10-14(20)15(21)11-17(16)27(12-19(22,23)24)18(26)8-9-25-13-6-4-3-5-7-13/h3-11H,2,12H2,1H3/p+1. The molecule has 1 aromatic heterocycles. The Labute approximate surface area is 164 Å². The van der Waals surface area contributed by atoms with Gasteiger partial charge in [0.15, 0.2) is 17.6 Å². The first-order valence-corrected chi connectivity index (χ1v) is 9.01. The van der Waals surface area contributed by atoms with Crippen molar-refractivity contribution in [3.63, 3.8) is 0 Å². The number of anilines is 1. The topological polar surface area (TPSA) is 20.8 Å². The zero-order valence-corrected chi connectivity index (χ0v) is 15.9. The third kappa shape index (κ3) is 4.39. The number of aryl methyl sites for hydroxylation is 1. The lowest BCUT2D eigenvalue weighted by Crippen LogP contribution is -2.43. The minimum absolute atomic E-state index is 0.214. The lowest BCUT2D eigenvalue weighted by molar-refractivity contribution is -0.698. The van der Waals surface area contributed by atoms with E-state index in [-0.39, 0.29) is 5.02 Å². The fourth-order valence-electron chi connectivity index (χ4n) is 2.96. The average Bonchev–Trinajstić information content (AvgIpc) is 2.87. The summed E-state index contributed by atoms with van der Waals surface area (Å²) in [7, 11) is 0. The first-order chi connectivity index (χ1) is 12.8. The lowest BCUT2D eigenvalue weighted by atomic mass is 10.3. The Hall–Kier alpha value is -2.18. The first-order valence-electron chi connectivity index (χ1n) is 8.26. The molecule has 0 unspecified atom stereocenters. The van der Waals surface area contributed by atoms with E-state index in [9.17, 15) is 13.2 Å². The molecule has 0 aliphatic carbocycles. The maximum Gasteiger partial charge on any atom is 0.426 e. The Morgan fingerprint density at radius 3 is 2.41 bits per heavy atom. The van der Waals surface area contributed by atoms with Gasteiger partial charge in [0.1, 0.15) is 0 Å². The van der Waals surface area contributed by atoms with E-state index in [1.807, 2.05) is 37.3 Å². The van der Waals surface area contributed by atoms with Crippen LogP contribution in [0.2, 0.25) is 10.0 Å². The number of alkyl halides is 3. The van der Waals surface area contributed by atoms with E-state index in [0.29, 0.717) is 28.4 Å². The molecule has 0 amide bonds. The van der Waals surface area contributed by atoms with E-state index >= 15 is 0 Å². The molecule has 0 saturated carbocycles. The number of fused-ring (bicyclic) bond motifs is 1. The van der Waals surface area contributed by atoms with Crippen molar-refractivity contribution in [2.75, 3.05) is 5.32 Å². The maximum atomic E-state index is 13.2. The predicted molar refractivity (Wildman–Crippen MR) is 103 cm³/mol. The molecule has 0 fully saturated rings. The van der Waals surface area contributed by atoms with Crippen LogP contribution in [-0.4, -0.2) is 10.7 Å². The highest BCUT2D eigenvalue weighted by atomic mass is 35.5. The summed E-state index contributed by atoms with van der Waals surface area (Å²) < 4.78 is 42.6. The summed E-state index contributed by atoms with van der Waals surface area (Å²) in [5.74, 6) is 0.395. The normalized spacial score (nSPS) is 12.2. The molecule has 8 heteroatoms. The number of aromatic nitrogens is 2. The Morgan fingerprint density at radius 1 is 1.11 bits per heavy atom. The monoisotopic (exact) mass is 414 g/mol. The van der Waals surface area contributed by atoms with Crippen molar-refractivity contribution >= 4 is 46.0 Å². The summed E-state index contributed by atoms with van der Waals surface area (Å²) >= 11 is 12.1. The molecule has 0 spiro atoms. The van der Waals surface area contributed by atoms with Gasteiger partial charge < -0.3 is 5.32 Å². The fourth-order valence-corrected chi connectivity index (χ4v) is 3.27. The molecule has 0 saturated heterocycles. The highest BCUT2D eigenvalue weighted by molar-refractivity contribution is 6.42.